The van der Waals surface area contributed by atoms with E-state index in [2.05, 4.69) is 33.2 Å². The predicted octanol–water partition coefficient (Wildman–Crippen LogP) is 2.99. The van der Waals surface area contributed by atoms with Gasteiger partial charge in [0.15, 0.2) is 0 Å². The lowest BCUT2D eigenvalue weighted by Crippen LogP contribution is -2.38. The van der Waals surface area contributed by atoms with Crippen LogP contribution in [0.1, 0.15) is 18.4 Å². The fraction of sp³-hybridized carbons (Fsp3) is 0.389. The summed E-state index contributed by atoms with van der Waals surface area (Å²) in [4.78, 5) is 25.3. The van der Waals surface area contributed by atoms with E-state index in [9.17, 15) is 9.59 Å². The maximum atomic E-state index is 12.7. The summed E-state index contributed by atoms with van der Waals surface area (Å²) in [6.07, 6.45) is 7.74. The van der Waals surface area contributed by atoms with Gasteiger partial charge in [0.1, 0.15) is 5.75 Å². The van der Waals surface area contributed by atoms with Crippen molar-refractivity contribution in [1.29, 1.82) is 0 Å². The Morgan fingerprint density at radius 1 is 1.17 bits per heavy atom. The van der Waals surface area contributed by atoms with Gasteiger partial charge >= 0.3 is 0 Å². The quantitative estimate of drug-likeness (QED) is 0.454. The molecule has 2 fully saturated rings. The van der Waals surface area contributed by atoms with E-state index >= 15 is 0 Å². The normalized spacial score (nSPS) is 31.2. The Balaban J connectivity index is 1.58. The predicted molar refractivity (Wildman–Crippen MR) is 92.5 cm³/mol. The molecular weight excluding hydrogens is 372 g/mol. The molecule has 0 N–H and O–H groups in total. The molecule has 0 spiro atoms. The van der Waals surface area contributed by atoms with Crippen molar-refractivity contribution in [2.24, 2.45) is 28.8 Å². The minimum absolute atomic E-state index is 0.159. The summed E-state index contributed by atoms with van der Waals surface area (Å²) in [6.45, 7) is 0. The second-order valence-electron chi connectivity index (χ2n) is 6.47. The molecule has 5 nitrogen and oxygen atoms in total. The van der Waals surface area contributed by atoms with Gasteiger partial charge in [-0.25, -0.2) is 0 Å². The molecule has 1 heterocycles. The topological polar surface area (TPSA) is 59.0 Å². The first-order chi connectivity index (χ1) is 11.6. The largest absolute Gasteiger partial charge is 0.496 e. The van der Waals surface area contributed by atoms with Crippen LogP contribution >= 0.6 is 15.9 Å². The number of benzene rings is 1. The molecule has 1 aromatic rings. The van der Waals surface area contributed by atoms with Gasteiger partial charge in [-0.3, -0.25) is 9.59 Å². The fourth-order valence-corrected chi connectivity index (χ4v) is 4.62. The van der Waals surface area contributed by atoms with Crippen LogP contribution in [0.5, 0.6) is 5.75 Å². The Morgan fingerprint density at radius 3 is 2.29 bits per heavy atom. The van der Waals surface area contributed by atoms with Crippen LogP contribution in [-0.2, 0) is 9.59 Å². The lowest BCUT2D eigenvalue weighted by molar-refractivity contribution is -0.140. The van der Waals surface area contributed by atoms with Crippen LogP contribution in [0.4, 0.5) is 0 Å². The SMILES string of the molecule is COc1ccc(/C=N/N2C(=O)C3C4C=CC(CC4)C3C2=O)cc1Br. The van der Waals surface area contributed by atoms with Gasteiger partial charge in [0.25, 0.3) is 11.8 Å². The number of methoxy groups -OCH3 is 1. The summed E-state index contributed by atoms with van der Waals surface area (Å²) in [6, 6.07) is 5.48. The Bertz CT molecular complexity index is 742. The molecule has 1 aromatic carbocycles. The minimum atomic E-state index is -0.221. The van der Waals surface area contributed by atoms with Crippen molar-refractivity contribution in [1.82, 2.24) is 5.01 Å². The van der Waals surface area contributed by atoms with Gasteiger partial charge < -0.3 is 4.74 Å². The number of halogens is 1. The van der Waals surface area contributed by atoms with Gasteiger partial charge in [-0.05, 0) is 64.4 Å². The van der Waals surface area contributed by atoms with E-state index in [0.29, 0.717) is 5.75 Å². The van der Waals surface area contributed by atoms with Crippen LogP contribution < -0.4 is 4.74 Å². The third kappa shape index (κ3) is 2.32. The summed E-state index contributed by atoms with van der Waals surface area (Å²) >= 11 is 3.42. The van der Waals surface area contributed by atoms with E-state index in [4.69, 9.17) is 4.74 Å². The maximum Gasteiger partial charge on any atom is 0.254 e. The zero-order valence-corrected chi connectivity index (χ0v) is 14.8. The third-order valence-corrected chi connectivity index (χ3v) is 5.85. The second kappa shape index (κ2) is 5.84. The maximum absolute atomic E-state index is 12.7. The third-order valence-electron chi connectivity index (χ3n) is 5.23. The molecule has 1 saturated heterocycles. The summed E-state index contributed by atoms with van der Waals surface area (Å²) < 4.78 is 5.99. The van der Waals surface area contributed by atoms with Crippen LogP contribution in [0.3, 0.4) is 0 Å². The molecule has 24 heavy (non-hydrogen) atoms. The van der Waals surface area contributed by atoms with Gasteiger partial charge in [0.2, 0.25) is 0 Å². The van der Waals surface area contributed by atoms with E-state index in [1.807, 2.05) is 18.2 Å². The number of amides is 2. The molecule has 4 atom stereocenters. The average Bonchev–Trinajstić information content (AvgIpc) is 2.87. The van der Waals surface area contributed by atoms with E-state index < -0.39 is 0 Å². The highest BCUT2D eigenvalue weighted by Crippen LogP contribution is 2.49. The lowest BCUT2D eigenvalue weighted by Gasteiger charge is -2.37. The Labute approximate surface area is 148 Å². The molecule has 2 bridgehead atoms. The molecule has 124 valence electrons. The number of hydrogen-bond donors (Lipinski definition) is 0. The van der Waals surface area contributed by atoms with Gasteiger partial charge in [0.05, 0.1) is 29.6 Å². The summed E-state index contributed by atoms with van der Waals surface area (Å²) in [5, 5.41) is 5.27. The number of nitrogens with zero attached hydrogens (tertiary/aromatic N) is 2. The highest BCUT2D eigenvalue weighted by molar-refractivity contribution is 9.10. The highest BCUT2D eigenvalue weighted by atomic mass is 79.9. The van der Waals surface area contributed by atoms with Crippen LogP contribution in [0.2, 0.25) is 0 Å². The van der Waals surface area contributed by atoms with Crippen molar-refractivity contribution in [2.75, 3.05) is 7.11 Å². The lowest BCUT2D eigenvalue weighted by atomic mass is 9.63. The molecule has 0 aromatic heterocycles. The monoisotopic (exact) mass is 388 g/mol. The van der Waals surface area contributed by atoms with Crippen molar-refractivity contribution < 1.29 is 14.3 Å². The van der Waals surface area contributed by atoms with Crippen molar-refractivity contribution in [3.63, 3.8) is 0 Å². The molecule has 0 radical (unpaired) electrons. The van der Waals surface area contributed by atoms with Gasteiger partial charge in [-0.2, -0.15) is 10.1 Å². The van der Waals surface area contributed by atoms with Gasteiger partial charge in [-0.15, -0.1) is 0 Å². The summed E-state index contributed by atoms with van der Waals surface area (Å²) in [5.41, 5.74) is 0.791. The van der Waals surface area contributed by atoms with E-state index in [0.717, 1.165) is 27.9 Å². The van der Waals surface area contributed by atoms with Crippen LogP contribution in [-0.4, -0.2) is 30.1 Å². The number of ether oxygens (including phenoxy) is 1. The van der Waals surface area contributed by atoms with Crippen LogP contribution in [0.15, 0.2) is 39.9 Å². The number of carbonyl (C=O) groups is 2. The molecule has 5 rings (SSSR count). The van der Waals surface area contributed by atoms with Crippen molar-refractivity contribution in [3.8, 4) is 5.75 Å². The summed E-state index contributed by atoms with van der Waals surface area (Å²) in [7, 11) is 1.60. The van der Waals surface area contributed by atoms with E-state index in [1.165, 1.54) is 0 Å². The van der Waals surface area contributed by atoms with Crippen LogP contribution in [0.25, 0.3) is 0 Å². The molecule has 1 aliphatic heterocycles. The first-order valence-corrected chi connectivity index (χ1v) is 8.83. The molecule has 4 unspecified atom stereocenters. The van der Waals surface area contributed by atoms with Crippen molar-refractivity contribution >= 4 is 34.0 Å². The second-order valence-corrected chi connectivity index (χ2v) is 7.32. The number of hydrogen-bond acceptors (Lipinski definition) is 4. The molecular formula is C18H17BrN2O3. The molecule has 6 heteroatoms. The Morgan fingerprint density at radius 2 is 1.79 bits per heavy atom. The Hall–Kier alpha value is -1.95. The summed E-state index contributed by atoms with van der Waals surface area (Å²) in [5.74, 6) is 0.329. The number of hydrazone groups is 1. The average molecular weight is 389 g/mol. The number of carbonyl (C=O) groups excluding carboxylic acids is 2. The number of allylic oxidation sites excluding steroid dienone is 2. The van der Waals surface area contributed by atoms with Gasteiger partial charge in [-0.1, -0.05) is 12.2 Å². The molecule has 3 aliphatic carbocycles. The van der Waals surface area contributed by atoms with Crippen LogP contribution in [0, 0.1) is 23.7 Å². The minimum Gasteiger partial charge on any atom is -0.496 e. The first kappa shape index (κ1) is 15.6. The fourth-order valence-electron chi connectivity index (χ4n) is 4.06. The van der Waals surface area contributed by atoms with Gasteiger partial charge in [0, 0.05) is 0 Å². The number of fused-ring (bicyclic) bond motifs is 1. The molecule has 4 aliphatic rings. The standard InChI is InChI=1S/C18H17BrN2O3/c1-24-14-7-2-10(8-13(14)19)9-20-21-17(22)15-11-3-4-12(6-5-11)16(15)18(21)23/h2-4,7-9,11-12,15-16H,5-6H2,1H3/b20-9+. The van der Waals surface area contributed by atoms with E-state index in [1.54, 1.807) is 13.3 Å². The highest BCUT2D eigenvalue weighted by Gasteiger charge is 2.56. The molecule has 2 amide bonds. The Kier molecular flexibility index (Phi) is 3.79. The molecule has 1 saturated carbocycles. The smallest absolute Gasteiger partial charge is 0.254 e. The first-order valence-electron chi connectivity index (χ1n) is 8.04. The number of rotatable bonds is 3. The zero-order valence-electron chi connectivity index (χ0n) is 13.2. The van der Waals surface area contributed by atoms with E-state index in [-0.39, 0.29) is 35.5 Å². The van der Waals surface area contributed by atoms with Crippen molar-refractivity contribution in [2.45, 2.75) is 12.8 Å². The number of imide groups is 1. The zero-order chi connectivity index (χ0) is 16.8. The van der Waals surface area contributed by atoms with Crippen molar-refractivity contribution in [3.05, 3.63) is 40.4 Å².